The molecule has 10 heteroatoms. The molecule has 1 atom stereocenters. The number of ether oxygens (including phenoxy) is 1. The number of amides is 1. The number of carbonyl (C=O) groups excluding carboxylic acids is 1. The number of nitrogens with one attached hydrogen (secondary N) is 2. The SMILES string of the molecule is COc1ccc([C@H](NC(=O)c2cnc3nc(C)[nH]n3c2=O)C2CC(O)C2)cn1. The van der Waals surface area contributed by atoms with Crippen molar-refractivity contribution in [3.8, 4) is 5.88 Å². The monoisotopic (exact) mass is 384 g/mol. The Balaban J connectivity index is 1.63. The average Bonchev–Trinajstić information content (AvgIpc) is 3.05. The van der Waals surface area contributed by atoms with E-state index < -0.39 is 17.5 Å². The van der Waals surface area contributed by atoms with Gasteiger partial charge in [0.2, 0.25) is 5.88 Å². The van der Waals surface area contributed by atoms with E-state index in [0.29, 0.717) is 24.5 Å². The molecule has 3 aromatic heterocycles. The maximum absolute atomic E-state index is 12.8. The van der Waals surface area contributed by atoms with Crippen LogP contribution in [0.25, 0.3) is 5.78 Å². The van der Waals surface area contributed by atoms with Crippen LogP contribution in [0.4, 0.5) is 0 Å². The minimum absolute atomic E-state index is 0.0444. The zero-order valence-electron chi connectivity index (χ0n) is 15.4. The van der Waals surface area contributed by atoms with Crippen molar-refractivity contribution in [2.24, 2.45) is 5.92 Å². The number of aliphatic hydroxyl groups excluding tert-OH is 1. The van der Waals surface area contributed by atoms with Gasteiger partial charge in [-0.1, -0.05) is 6.07 Å². The number of nitrogens with zero attached hydrogens (tertiary/aromatic N) is 4. The number of carbonyl (C=O) groups is 1. The van der Waals surface area contributed by atoms with E-state index in [4.69, 9.17) is 4.74 Å². The highest BCUT2D eigenvalue weighted by Crippen LogP contribution is 2.38. The number of pyridine rings is 1. The molecule has 0 aliphatic heterocycles. The van der Waals surface area contributed by atoms with Crippen LogP contribution < -0.4 is 15.6 Å². The number of methoxy groups -OCH3 is 1. The number of hydrogen-bond donors (Lipinski definition) is 3. The fourth-order valence-corrected chi connectivity index (χ4v) is 3.41. The summed E-state index contributed by atoms with van der Waals surface area (Å²) in [6, 6.07) is 3.13. The Morgan fingerprint density at radius 2 is 2.14 bits per heavy atom. The van der Waals surface area contributed by atoms with Gasteiger partial charge in [-0.3, -0.25) is 14.7 Å². The van der Waals surface area contributed by atoms with Crippen LogP contribution in [0.5, 0.6) is 5.88 Å². The molecule has 0 unspecified atom stereocenters. The van der Waals surface area contributed by atoms with Crippen LogP contribution in [0.15, 0.2) is 29.3 Å². The van der Waals surface area contributed by atoms with E-state index in [1.165, 1.54) is 13.3 Å². The molecule has 1 saturated carbocycles. The molecule has 28 heavy (non-hydrogen) atoms. The largest absolute Gasteiger partial charge is 0.481 e. The van der Waals surface area contributed by atoms with E-state index in [-0.39, 0.29) is 23.4 Å². The van der Waals surface area contributed by atoms with Gasteiger partial charge in [-0.2, -0.15) is 9.50 Å². The van der Waals surface area contributed by atoms with Gasteiger partial charge in [0, 0.05) is 18.5 Å². The summed E-state index contributed by atoms with van der Waals surface area (Å²) >= 11 is 0. The van der Waals surface area contributed by atoms with Crippen LogP contribution >= 0.6 is 0 Å². The lowest BCUT2D eigenvalue weighted by molar-refractivity contribution is 0.0234. The van der Waals surface area contributed by atoms with Crippen molar-refractivity contribution in [3.05, 3.63) is 51.8 Å². The van der Waals surface area contributed by atoms with Crippen molar-refractivity contribution in [1.29, 1.82) is 0 Å². The highest BCUT2D eigenvalue weighted by molar-refractivity contribution is 5.94. The van der Waals surface area contributed by atoms with E-state index in [2.05, 4.69) is 25.4 Å². The van der Waals surface area contributed by atoms with Crippen LogP contribution in [0.1, 0.15) is 40.6 Å². The minimum Gasteiger partial charge on any atom is -0.481 e. The van der Waals surface area contributed by atoms with Crippen LogP contribution in [-0.2, 0) is 0 Å². The first kappa shape index (κ1) is 18.1. The molecule has 3 N–H and O–H groups in total. The highest BCUT2D eigenvalue weighted by atomic mass is 16.5. The predicted octanol–water partition coefficient (Wildman–Crippen LogP) is 0.372. The molecule has 1 amide bonds. The Kier molecular flexibility index (Phi) is 4.55. The van der Waals surface area contributed by atoms with Gasteiger partial charge in [-0.15, -0.1) is 0 Å². The van der Waals surface area contributed by atoms with E-state index in [1.807, 2.05) is 6.07 Å². The standard InChI is InChI=1S/C18H20N6O4/c1-9-21-18-20-8-13(17(27)24(18)23-9)16(26)22-15(11-5-12(25)6-11)10-3-4-14(28-2)19-7-10/h3-4,7-8,11-12,15,25H,5-6H2,1-2H3,(H,22,26)(H,20,21,23)/t11?,12?,15-/m0/s1. The second kappa shape index (κ2) is 7.04. The van der Waals surface area contributed by atoms with Gasteiger partial charge in [0.1, 0.15) is 11.4 Å². The van der Waals surface area contributed by atoms with Crippen LogP contribution in [0, 0.1) is 12.8 Å². The molecule has 0 spiro atoms. The smallest absolute Gasteiger partial charge is 0.286 e. The van der Waals surface area contributed by atoms with Crippen molar-refractivity contribution in [3.63, 3.8) is 0 Å². The van der Waals surface area contributed by atoms with Gasteiger partial charge in [0.25, 0.3) is 17.2 Å². The molecule has 0 bridgehead atoms. The van der Waals surface area contributed by atoms with Crippen molar-refractivity contribution in [2.45, 2.75) is 31.9 Å². The van der Waals surface area contributed by atoms with Gasteiger partial charge in [-0.05, 0) is 31.2 Å². The zero-order chi connectivity index (χ0) is 19.8. The Labute approximate surface area is 159 Å². The van der Waals surface area contributed by atoms with E-state index >= 15 is 0 Å². The number of aryl methyl sites for hydroxylation is 1. The Hall–Kier alpha value is -3.27. The third kappa shape index (κ3) is 3.22. The molecule has 4 rings (SSSR count). The number of H-pyrrole nitrogens is 1. The Morgan fingerprint density at radius 3 is 2.79 bits per heavy atom. The molecule has 1 aliphatic rings. The number of rotatable bonds is 5. The first-order valence-corrected chi connectivity index (χ1v) is 8.89. The summed E-state index contributed by atoms with van der Waals surface area (Å²) < 4.78 is 6.22. The molecular weight excluding hydrogens is 364 g/mol. The summed E-state index contributed by atoms with van der Waals surface area (Å²) in [4.78, 5) is 37.8. The lowest BCUT2D eigenvalue weighted by atomic mass is 9.75. The zero-order valence-corrected chi connectivity index (χ0v) is 15.4. The third-order valence-electron chi connectivity index (χ3n) is 4.96. The van der Waals surface area contributed by atoms with Crippen molar-refractivity contribution < 1.29 is 14.6 Å². The van der Waals surface area contributed by atoms with E-state index in [1.54, 1.807) is 19.2 Å². The lowest BCUT2D eigenvalue weighted by Gasteiger charge is -2.38. The number of aromatic nitrogens is 5. The quantitative estimate of drug-likeness (QED) is 0.578. The first-order valence-electron chi connectivity index (χ1n) is 8.89. The highest BCUT2D eigenvalue weighted by Gasteiger charge is 2.36. The molecule has 0 aromatic carbocycles. The molecule has 0 radical (unpaired) electrons. The number of hydrogen-bond acceptors (Lipinski definition) is 7. The first-order chi connectivity index (χ1) is 13.5. The average molecular weight is 384 g/mol. The molecule has 1 fully saturated rings. The summed E-state index contributed by atoms with van der Waals surface area (Å²) in [5, 5.41) is 15.4. The fourth-order valence-electron chi connectivity index (χ4n) is 3.41. The Bertz CT molecular complexity index is 1070. The number of aliphatic hydroxyl groups is 1. The van der Waals surface area contributed by atoms with Gasteiger partial charge in [0.15, 0.2) is 0 Å². The van der Waals surface area contributed by atoms with Crippen LogP contribution in [-0.4, -0.2) is 48.8 Å². The Morgan fingerprint density at radius 1 is 1.36 bits per heavy atom. The van der Waals surface area contributed by atoms with Crippen molar-refractivity contribution >= 4 is 11.7 Å². The molecule has 1 aliphatic carbocycles. The summed E-state index contributed by atoms with van der Waals surface area (Å²) in [7, 11) is 1.53. The van der Waals surface area contributed by atoms with Crippen molar-refractivity contribution in [1.82, 2.24) is 29.9 Å². The molecule has 0 saturated heterocycles. The van der Waals surface area contributed by atoms with Crippen LogP contribution in [0.2, 0.25) is 0 Å². The fraction of sp³-hybridized carbons (Fsp3) is 0.389. The molecule has 3 heterocycles. The number of fused-ring (bicyclic) bond motifs is 1. The predicted molar refractivity (Wildman–Crippen MR) is 98.1 cm³/mol. The maximum Gasteiger partial charge on any atom is 0.286 e. The van der Waals surface area contributed by atoms with Gasteiger partial charge >= 0.3 is 0 Å². The normalized spacial score (nSPS) is 19.8. The number of aromatic amines is 1. The summed E-state index contributed by atoms with van der Waals surface area (Å²) in [5.41, 5.74) is 0.161. The second-order valence-corrected chi connectivity index (χ2v) is 6.89. The molecule has 3 aromatic rings. The third-order valence-corrected chi connectivity index (χ3v) is 4.96. The van der Waals surface area contributed by atoms with Crippen molar-refractivity contribution in [2.75, 3.05) is 7.11 Å². The topological polar surface area (TPSA) is 134 Å². The second-order valence-electron chi connectivity index (χ2n) is 6.89. The van der Waals surface area contributed by atoms with Gasteiger partial charge < -0.3 is 15.2 Å². The maximum atomic E-state index is 12.8. The molecular formula is C18H20N6O4. The summed E-state index contributed by atoms with van der Waals surface area (Å²) in [5.74, 6) is 0.694. The molecule has 10 nitrogen and oxygen atoms in total. The van der Waals surface area contributed by atoms with Gasteiger partial charge in [-0.25, -0.2) is 9.97 Å². The minimum atomic E-state index is -0.540. The van der Waals surface area contributed by atoms with E-state index in [9.17, 15) is 14.7 Å². The van der Waals surface area contributed by atoms with Crippen LogP contribution in [0.3, 0.4) is 0 Å². The summed E-state index contributed by atoms with van der Waals surface area (Å²) in [6.07, 6.45) is 3.60. The summed E-state index contributed by atoms with van der Waals surface area (Å²) in [6.45, 7) is 1.70. The lowest BCUT2D eigenvalue weighted by Crippen LogP contribution is -2.42. The molecule has 146 valence electrons. The van der Waals surface area contributed by atoms with Gasteiger partial charge in [0.05, 0.1) is 19.3 Å². The van der Waals surface area contributed by atoms with E-state index in [0.717, 1.165) is 10.1 Å².